The molecule has 0 radical (unpaired) electrons. The Morgan fingerprint density at radius 1 is 0.688 bits per heavy atom. The molecule has 0 aliphatic carbocycles. The maximum atomic E-state index is 5.37. The van der Waals surface area contributed by atoms with Gasteiger partial charge in [0.05, 0.1) is 29.9 Å². The molecule has 0 aliphatic rings. The molecule has 1 aromatic heterocycles. The van der Waals surface area contributed by atoms with Gasteiger partial charge < -0.3 is 4.74 Å². The van der Waals surface area contributed by atoms with Crippen molar-refractivity contribution in [3.63, 3.8) is 0 Å². The predicted molar refractivity (Wildman–Crippen MR) is 128 cm³/mol. The molecule has 0 aliphatic heterocycles. The molecule has 3 nitrogen and oxygen atoms in total. The Morgan fingerprint density at radius 3 is 1.88 bits per heavy atom. The van der Waals surface area contributed by atoms with Crippen molar-refractivity contribution >= 4 is 0 Å². The average Bonchev–Trinajstić information content (AvgIpc) is 3.26. The van der Waals surface area contributed by atoms with E-state index in [-0.39, 0.29) is 0 Å². The second-order valence-corrected chi connectivity index (χ2v) is 7.73. The van der Waals surface area contributed by atoms with Crippen molar-refractivity contribution in [1.82, 2.24) is 4.57 Å². The molecule has 0 fully saturated rings. The fourth-order valence-corrected chi connectivity index (χ4v) is 3.93. The Balaban J connectivity index is 1.84. The lowest BCUT2D eigenvalue weighted by Gasteiger charge is -2.13. The zero-order valence-electron chi connectivity index (χ0n) is 18.2. The summed E-state index contributed by atoms with van der Waals surface area (Å²) in [5.74, 6) is 0.830. The highest BCUT2D eigenvalue weighted by molar-refractivity contribution is 5.78. The van der Waals surface area contributed by atoms with Crippen LogP contribution in [0, 0.1) is 13.3 Å². The largest absolute Gasteiger partial charge is 0.497 e. The molecule has 0 amide bonds. The molecule has 0 unspecified atom stereocenters. The Kier molecular flexibility index (Phi) is 5.30. The van der Waals surface area contributed by atoms with Crippen LogP contribution in [0.5, 0.6) is 5.75 Å². The van der Waals surface area contributed by atoms with E-state index in [9.17, 15) is 0 Å². The molecule has 0 saturated carbocycles. The van der Waals surface area contributed by atoms with Crippen LogP contribution < -0.4 is 9.30 Å². The molecule has 0 N–H and O–H groups in total. The van der Waals surface area contributed by atoms with Gasteiger partial charge >= 0.3 is 0 Å². The Morgan fingerprint density at radius 2 is 1.28 bits per heavy atom. The number of aryl methyl sites for hydroxylation is 1. The topological polar surface area (TPSA) is 18.0 Å². The van der Waals surface area contributed by atoms with Gasteiger partial charge in [0, 0.05) is 0 Å². The summed E-state index contributed by atoms with van der Waals surface area (Å²) in [5, 5.41) is 0. The maximum absolute atomic E-state index is 5.37. The highest BCUT2D eigenvalue weighted by Gasteiger charge is 2.21. The van der Waals surface area contributed by atoms with Crippen molar-refractivity contribution in [2.75, 3.05) is 7.11 Å². The van der Waals surface area contributed by atoms with Crippen molar-refractivity contribution in [2.45, 2.75) is 6.92 Å². The summed E-state index contributed by atoms with van der Waals surface area (Å²) in [4.78, 5) is 0. The van der Waals surface area contributed by atoms with Gasteiger partial charge in [-0.1, -0.05) is 78.4 Å². The van der Waals surface area contributed by atoms with Gasteiger partial charge in [-0.3, -0.25) is 9.13 Å². The van der Waals surface area contributed by atoms with Gasteiger partial charge in [-0.25, -0.2) is 0 Å². The second-order valence-electron chi connectivity index (χ2n) is 7.73. The van der Waals surface area contributed by atoms with Gasteiger partial charge in [-0.05, 0) is 54.4 Å². The van der Waals surface area contributed by atoms with Crippen molar-refractivity contribution < 1.29 is 9.30 Å². The molecule has 0 atom stereocenters. The third-order valence-electron chi connectivity index (χ3n) is 5.59. The number of hydrogen-bond acceptors (Lipinski definition) is 1. The van der Waals surface area contributed by atoms with Crippen LogP contribution in [0.1, 0.15) is 5.56 Å². The molecule has 5 rings (SSSR count). The summed E-state index contributed by atoms with van der Waals surface area (Å²) in [6.07, 6.45) is 3.63. The zero-order chi connectivity index (χ0) is 21.9. The van der Waals surface area contributed by atoms with Crippen molar-refractivity contribution in [3.05, 3.63) is 121 Å². The molecular weight excluding hydrogens is 392 g/mol. The number of ether oxygens (including phenoxy) is 1. The summed E-state index contributed by atoms with van der Waals surface area (Å²) in [6.45, 7) is 2.11. The standard InChI is InChI=1S/C29H24N2O/c1-22-13-15-25(16-14-22)30-21-31(26-17-19-27(32-2)20-18-26)29(24-11-7-4-8-12-24)28(30)23-9-5-3-6-10-23/h3-20H,1-2H3. The van der Waals surface area contributed by atoms with Crippen molar-refractivity contribution in [3.8, 4) is 39.6 Å². The zero-order valence-corrected chi connectivity index (χ0v) is 18.2. The monoisotopic (exact) mass is 416 g/mol. The van der Waals surface area contributed by atoms with Crippen molar-refractivity contribution in [1.29, 1.82) is 0 Å². The lowest BCUT2D eigenvalue weighted by molar-refractivity contribution is -0.587. The molecule has 0 bridgehead atoms. The number of aromatic nitrogens is 2. The normalized spacial score (nSPS) is 10.8. The Hall–Kier alpha value is -4.11. The van der Waals surface area contributed by atoms with E-state index in [2.05, 4.69) is 107 Å². The molecule has 3 heteroatoms. The summed E-state index contributed by atoms with van der Waals surface area (Å²) in [6, 6.07) is 37.7. The lowest BCUT2D eigenvalue weighted by Crippen LogP contribution is -2.31. The van der Waals surface area contributed by atoms with Crippen LogP contribution in [0.2, 0.25) is 0 Å². The van der Waals surface area contributed by atoms with Crippen LogP contribution >= 0.6 is 0 Å². The van der Waals surface area contributed by atoms with Crippen LogP contribution in [0.4, 0.5) is 0 Å². The van der Waals surface area contributed by atoms with Crippen LogP contribution in [0.25, 0.3) is 33.9 Å². The molecule has 1 heterocycles. The van der Waals surface area contributed by atoms with E-state index < -0.39 is 0 Å². The Labute approximate surface area is 188 Å². The first-order valence-corrected chi connectivity index (χ1v) is 10.7. The molecule has 32 heavy (non-hydrogen) atoms. The van der Waals surface area contributed by atoms with E-state index in [0.717, 1.165) is 39.6 Å². The minimum Gasteiger partial charge on any atom is -0.497 e. The third-order valence-corrected chi connectivity index (χ3v) is 5.59. The number of hydrogen-bond donors (Lipinski definition) is 0. The first-order valence-electron chi connectivity index (χ1n) is 10.7. The number of rotatable bonds is 5. The summed E-state index contributed by atoms with van der Waals surface area (Å²) < 4.78 is 9.66. The van der Waals surface area contributed by atoms with E-state index in [1.807, 2.05) is 24.3 Å². The summed E-state index contributed by atoms with van der Waals surface area (Å²) in [7, 11) is 1.69. The third kappa shape index (κ3) is 3.69. The molecule has 156 valence electrons. The SMILES string of the molecule is COc1ccc(-n2[c-][n+](-c3ccc(C)cc3)c(-c3ccccc3)c2-c2ccccc2)cc1. The number of methoxy groups -OCH3 is 1. The highest BCUT2D eigenvalue weighted by atomic mass is 16.5. The molecular formula is C29H24N2O. The summed E-state index contributed by atoms with van der Waals surface area (Å²) >= 11 is 0. The minimum atomic E-state index is 0.830. The van der Waals surface area contributed by atoms with Gasteiger partial charge in [0.15, 0.2) is 0 Å². The first-order chi connectivity index (χ1) is 15.7. The van der Waals surface area contributed by atoms with Gasteiger partial charge in [0.25, 0.3) is 6.33 Å². The fourth-order valence-electron chi connectivity index (χ4n) is 3.93. The predicted octanol–water partition coefficient (Wildman–Crippen LogP) is 6.21. The highest BCUT2D eigenvalue weighted by Crippen LogP contribution is 2.33. The van der Waals surface area contributed by atoms with Gasteiger partial charge in [-0.2, -0.15) is 0 Å². The van der Waals surface area contributed by atoms with E-state index in [4.69, 9.17) is 4.74 Å². The minimum absolute atomic E-state index is 0.830. The van der Waals surface area contributed by atoms with Gasteiger partial charge in [0.2, 0.25) is 0 Å². The molecule has 5 aromatic rings. The maximum Gasteiger partial charge on any atom is 0.269 e. The fraction of sp³-hybridized carbons (Fsp3) is 0.0690. The first kappa shape index (κ1) is 19.8. The quantitative estimate of drug-likeness (QED) is 0.246. The molecule has 0 saturated heterocycles. The van der Waals surface area contributed by atoms with E-state index in [1.165, 1.54) is 5.56 Å². The van der Waals surface area contributed by atoms with Crippen LogP contribution in [0.3, 0.4) is 0 Å². The average molecular weight is 417 g/mol. The van der Waals surface area contributed by atoms with E-state index in [1.54, 1.807) is 7.11 Å². The van der Waals surface area contributed by atoms with Crippen molar-refractivity contribution in [2.24, 2.45) is 0 Å². The molecule has 4 aromatic carbocycles. The summed E-state index contributed by atoms with van der Waals surface area (Å²) in [5.41, 5.74) is 7.76. The number of nitrogens with zero attached hydrogens (tertiary/aromatic N) is 2. The van der Waals surface area contributed by atoms with Gasteiger partial charge in [-0.15, -0.1) is 0 Å². The van der Waals surface area contributed by atoms with E-state index in [0.29, 0.717) is 0 Å². The van der Waals surface area contributed by atoms with Gasteiger partial charge in [0.1, 0.15) is 5.75 Å². The molecule has 0 spiro atoms. The van der Waals surface area contributed by atoms with Crippen LogP contribution in [-0.4, -0.2) is 11.7 Å². The number of benzene rings is 4. The Bertz CT molecular complexity index is 1320. The van der Waals surface area contributed by atoms with Crippen LogP contribution in [0.15, 0.2) is 109 Å². The second kappa shape index (κ2) is 8.56. The van der Waals surface area contributed by atoms with E-state index >= 15 is 0 Å². The smallest absolute Gasteiger partial charge is 0.269 e. The number of imidazole rings is 1. The van der Waals surface area contributed by atoms with Crippen LogP contribution in [-0.2, 0) is 0 Å². The lowest BCUT2D eigenvalue weighted by atomic mass is 10.0.